The number of fused-ring (bicyclic) bond motifs is 14. The average Bonchev–Trinajstić information content (AvgIpc) is 3.86. The Balaban J connectivity index is 1.22. The SMILES string of the molecule is CC1(C)c2ccccc2-c2c1ccc1c3ccccc3n(-c3cc(C4CCN4)c(-n4c5ccccc5c5ccc6c(c54)-c4ccccc4C6(C)C)cc3C#N)c21. The fraction of sp³-hybridized carbons (Fsp3) is 0.173. The lowest BCUT2D eigenvalue weighted by atomic mass is 9.82. The van der Waals surface area contributed by atoms with E-state index in [-0.39, 0.29) is 16.9 Å². The molecule has 0 bridgehead atoms. The summed E-state index contributed by atoms with van der Waals surface area (Å²) in [7, 11) is 0. The number of aromatic nitrogens is 2. The molecule has 2 aromatic heterocycles. The fourth-order valence-corrected chi connectivity index (χ4v) is 10.9. The van der Waals surface area contributed by atoms with Crippen molar-refractivity contribution < 1.29 is 0 Å². The minimum absolute atomic E-state index is 0.134. The molecule has 9 aromatic rings. The van der Waals surface area contributed by atoms with Gasteiger partial charge in [-0.2, -0.15) is 5.26 Å². The molecule has 1 unspecified atom stereocenters. The summed E-state index contributed by atoms with van der Waals surface area (Å²) in [6.07, 6.45) is 1.04. The second-order valence-electron chi connectivity index (χ2n) is 17.2. The molecule has 4 heteroatoms. The highest BCUT2D eigenvalue weighted by atomic mass is 15.0. The Kier molecular flexibility index (Phi) is 6.19. The normalized spacial score (nSPS) is 17.2. The fourth-order valence-electron chi connectivity index (χ4n) is 10.9. The van der Waals surface area contributed by atoms with Gasteiger partial charge < -0.3 is 14.5 Å². The standard InChI is InChI=1S/C52H40N4/c1-51(2)38-17-9-5-15-35(38)47-40(51)23-21-33-31-13-7-11-19-43(31)55(49(33)47)45-28-37(42-25-26-54-42)46(27-30(45)29-53)56-44-20-12-8-14-32(44)34-22-24-41-48(50(34)56)36-16-6-10-18-39(36)52(41,3)4/h5-24,27-28,42,54H,25-26H2,1-4H3. The highest BCUT2D eigenvalue weighted by Crippen LogP contribution is 2.55. The van der Waals surface area contributed by atoms with Gasteiger partial charge in [-0.15, -0.1) is 0 Å². The molecule has 0 spiro atoms. The van der Waals surface area contributed by atoms with Crippen LogP contribution in [0.2, 0.25) is 0 Å². The van der Waals surface area contributed by atoms with Crippen LogP contribution >= 0.6 is 0 Å². The van der Waals surface area contributed by atoms with Crippen molar-refractivity contribution in [2.75, 3.05) is 6.54 Å². The third-order valence-electron chi connectivity index (χ3n) is 13.7. The number of para-hydroxylation sites is 2. The summed E-state index contributed by atoms with van der Waals surface area (Å²) in [6, 6.07) is 52.1. The summed E-state index contributed by atoms with van der Waals surface area (Å²) in [6.45, 7) is 10.4. The lowest BCUT2D eigenvalue weighted by Gasteiger charge is -2.31. The quantitative estimate of drug-likeness (QED) is 0.197. The van der Waals surface area contributed by atoms with Gasteiger partial charge in [-0.3, -0.25) is 0 Å². The first-order valence-electron chi connectivity index (χ1n) is 19.9. The smallest absolute Gasteiger partial charge is 0.101 e. The Bertz CT molecular complexity index is 3250. The Morgan fingerprint density at radius 2 is 1.04 bits per heavy atom. The summed E-state index contributed by atoms with van der Waals surface area (Å²) in [5.74, 6) is 0. The van der Waals surface area contributed by atoms with Crippen LogP contribution in [0.3, 0.4) is 0 Å². The van der Waals surface area contributed by atoms with E-state index in [0.717, 1.165) is 35.4 Å². The number of nitrogens with one attached hydrogen (secondary N) is 1. The van der Waals surface area contributed by atoms with Gasteiger partial charge in [0.1, 0.15) is 6.07 Å². The van der Waals surface area contributed by atoms with E-state index in [2.05, 4.69) is 182 Å². The van der Waals surface area contributed by atoms with Crippen LogP contribution in [0.1, 0.15) is 73.5 Å². The molecule has 0 radical (unpaired) electrons. The van der Waals surface area contributed by atoms with Gasteiger partial charge in [-0.1, -0.05) is 137 Å². The van der Waals surface area contributed by atoms with Crippen LogP contribution in [-0.2, 0) is 10.8 Å². The third kappa shape index (κ3) is 3.86. The van der Waals surface area contributed by atoms with Gasteiger partial charge in [-0.05, 0) is 76.2 Å². The van der Waals surface area contributed by atoms with E-state index in [0.29, 0.717) is 5.56 Å². The van der Waals surface area contributed by atoms with Crippen LogP contribution in [0.15, 0.2) is 133 Å². The molecule has 268 valence electrons. The number of benzene rings is 7. The number of nitriles is 1. The zero-order chi connectivity index (χ0) is 37.7. The summed E-state index contributed by atoms with van der Waals surface area (Å²) in [4.78, 5) is 0. The maximum atomic E-state index is 11.3. The Hall–Kier alpha value is -6.41. The predicted molar refractivity (Wildman–Crippen MR) is 230 cm³/mol. The van der Waals surface area contributed by atoms with Crippen molar-refractivity contribution in [3.63, 3.8) is 0 Å². The monoisotopic (exact) mass is 720 g/mol. The molecule has 3 heterocycles. The van der Waals surface area contributed by atoms with E-state index < -0.39 is 0 Å². The molecule has 56 heavy (non-hydrogen) atoms. The molecule has 0 saturated carbocycles. The van der Waals surface area contributed by atoms with Gasteiger partial charge in [0.2, 0.25) is 0 Å². The molecule has 12 rings (SSSR count). The number of hydrogen-bond acceptors (Lipinski definition) is 2. The third-order valence-corrected chi connectivity index (χ3v) is 13.7. The molecular weight excluding hydrogens is 681 g/mol. The van der Waals surface area contributed by atoms with Crippen molar-refractivity contribution in [2.45, 2.75) is 51.0 Å². The maximum Gasteiger partial charge on any atom is 0.101 e. The Morgan fingerprint density at radius 3 is 1.54 bits per heavy atom. The van der Waals surface area contributed by atoms with Gasteiger partial charge in [0.05, 0.1) is 39.0 Å². The van der Waals surface area contributed by atoms with Crippen LogP contribution in [0.4, 0.5) is 0 Å². The van der Waals surface area contributed by atoms with Crippen molar-refractivity contribution in [3.05, 3.63) is 167 Å². The van der Waals surface area contributed by atoms with Crippen molar-refractivity contribution in [1.29, 1.82) is 5.26 Å². The van der Waals surface area contributed by atoms with Crippen LogP contribution in [0.25, 0.3) is 77.2 Å². The molecule has 7 aromatic carbocycles. The second-order valence-corrected chi connectivity index (χ2v) is 17.2. The molecule has 1 fully saturated rings. The van der Waals surface area contributed by atoms with Crippen molar-refractivity contribution in [1.82, 2.24) is 14.5 Å². The first-order chi connectivity index (χ1) is 27.3. The van der Waals surface area contributed by atoms with Crippen molar-refractivity contribution >= 4 is 43.6 Å². The highest BCUT2D eigenvalue weighted by Gasteiger charge is 2.40. The minimum Gasteiger partial charge on any atom is -0.310 e. The zero-order valence-corrected chi connectivity index (χ0v) is 32.0. The number of hydrogen-bond donors (Lipinski definition) is 1. The van der Waals surface area contributed by atoms with E-state index in [9.17, 15) is 5.26 Å². The van der Waals surface area contributed by atoms with E-state index in [4.69, 9.17) is 0 Å². The first kappa shape index (κ1) is 31.9. The average molecular weight is 721 g/mol. The molecule has 4 nitrogen and oxygen atoms in total. The van der Waals surface area contributed by atoms with Gasteiger partial charge in [0, 0.05) is 49.5 Å². The first-order valence-corrected chi connectivity index (χ1v) is 19.9. The highest BCUT2D eigenvalue weighted by molar-refractivity contribution is 6.17. The Morgan fingerprint density at radius 1 is 0.554 bits per heavy atom. The predicted octanol–water partition coefficient (Wildman–Crippen LogP) is 12.4. The largest absolute Gasteiger partial charge is 0.310 e. The van der Waals surface area contributed by atoms with Crippen molar-refractivity contribution in [3.8, 4) is 39.7 Å². The van der Waals surface area contributed by atoms with Crippen LogP contribution in [-0.4, -0.2) is 15.7 Å². The van der Waals surface area contributed by atoms with Crippen molar-refractivity contribution in [2.24, 2.45) is 0 Å². The molecule has 2 aliphatic carbocycles. The molecular formula is C52H40N4. The van der Waals surface area contributed by atoms with Crippen LogP contribution in [0.5, 0.6) is 0 Å². The molecule has 0 amide bonds. The summed E-state index contributed by atoms with van der Waals surface area (Å²) in [5.41, 5.74) is 18.8. The summed E-state index contributed by atoms with van der Waals surface area (Å²) < 4.78 is 4.90. The van der Waals surface area contributed by atoms with Gasteiger partial charge >= 0.3 is 0 Å². The minimum atomic E-state index is -0.145. The van der Waals surface area contributed by atoms with Gasteiger partial charge in [-0.25, -0.2) is 0 Å². The molecule has 1 N–H and O–H groups in total. The van der Waals surface area contributed by atoms with Gasteiger partial charge in [0.15, 0.2) is 0 Å². The summed E-state index contributed by atoms with van der Waals surface area (Å²) in [5, 5.41) is 20.0. The van der Waals surface area contributed by atoms with Gasteiger partial charge in [0.25, 0.3) is 0 Å². The maximum absolute atomic E-state index is 11.3. The van der Waals surface area contributed by atoms with Crippen LogP contribution in [0, 0.1) is 11.3 Å². The van der Waals surface area contributed by atoms with E-state index in [1.807, 2.05) is 0 Å². The lowest BCUT2D eigenvalue weighted by molar-refractivity contribution is 0.382. The Labute approximate surface area is 326 Å². The van der Waals surface area contributed by atoms with E-state index in [1.54, 1.807) is 0 Å². The molecule has 1 atom stereocenters. The lowest BCUT2D eigenvalue weighted by Crippen LogP contribution is -2.35. The van der Waals surface area contributed by atoms with Crippen LogP contribution < -0.4 is 5.32 Å². The topological polar surface area (TPSA) is 45.7 Å². The molecule has 1 aliphatic heterocycles. The number of rotatable bonds is 3. The second kappa shape index (κ2) is 10.9. The van der Waals surface area contributed by atoms with E-state index >= 15 is 0 Å². The zero-order valence-electron chi connectivity index (χ0n) is 32.0. The summed E-state index contributed by atoms with van der Waals surface area (Å²) >= 11 is 0. The molecule has 1 saturated heterocycles. The number of nitrogens with zero attached hydrogens (tertiary/aromatic N) is 3. The molecule has 3 aliphatic rings. The van der Waals surface area contributed by atoms with E-state index in [1.165, 1.54) is 82.6 Å².